The van der Waals surface area contributed by atoms with Crippen LogP contribution in [0.25, 0.3) is 10.8 Å². The molecule has 2 heterocycles. The zero-order valence-corrected chi connectivity index (χ0v) is 41.4. The summed E-state index contributed by atoms with van der Waals surface area (Å²) in [6, 6.07) is 25.0. The minimum atomic E-state index is -1.42. The molecule has 5 aliphatic rings. The summed E-state index contributed by atoms with van der Waals surface area (Å²) in [4.78, 5) is 36.1. The number of carbonyl (C=O) groups is 2. The Labute approximate surface area is 419 Å². The van der Waals surface area contributed by atoms with E-state index < -0.39 is 24.0 Å². The number of nitrogens with zero attached hydrogens (tertiary/aromatic N) is 2. The normalized spacial score (nSPS) is 25.4. The minimum absolute atomic E-state index is 0.0217. The van der Waals surface area contributed by atoms with Gasteiger partial charge >= 0.3 is 0 Å². The molecule has 12 heteroatoms. The number of amides is 1. The van der Waals surface area contributed by atoms with Gasteiger partial charge in [0.2, 0.25) is 18.0 Å². The van der Waals surface area contributed by atoms with Crippen molar-refractivity contribution in [3.63, 3.8) is 0 Å². The molecule has 378 valence electrons. The zero-order valence-electron chi connectivity index (χ0n) is 41.4. The van der Waals surface area contributed by atoms with Crippen LogP contribution in [0.2, 0.25) is 0 Å². The van der Waals surface area contributed by atoms with Gasteiger partial charge in [-0.2, -0.15) is 0 Å². The maximum absolute atomic E-state index is 15.6. The topological polar surface area (TPSA) is 146 Å². The average Bonchev–Trinajstić information content (AvgIpc) is 3.94. The third-order valence-corrected chi connectivity index (χ3v) is 15.8. The second-order valence-corrected chi connectivity index (χ2v) is 20.1. The minimum Gasteiger partial charge on any atom is -0.496 e. The third kappa shape index (κ3) is 11.1. The third-order valence-electron chi connectivity index (χ3n) is 15.8. The van der Waals surface area contributed by atoms with Crippen molar-refractivity contribution in [3.05, 3.63) is 120 Å². The van der Waals surface area contributed by atoms with Crippen LogP contribution < -0.4 is 14.2 Å². The number of aldehydes is 1. The van der Waals surface area contributed by atoms with Crippen LogP contribution in [-0.2, 0) is 25.7 Å². The number of hydrogen-bond donors (Lipinski definition) is 2. The molecule has 1 saturated heterocycles. The van der Waals surface area contributed by atoms with Gasteiger partial charge in [0, 0.05) is 50.5 Å². The van der Waals surface area contributed by atoms with E-state index in [1.807, 2.05) is 23.1 Å². The molecule has 3 fully saturated rings. The van der Waals surface area contributed by atoms with Crippen LogP contribution in [0.15, 0.2) is 108 Å². The molecule has 0 spiro atoms. The van der Waals surface area contributed by atoms with E-state index in [1.165, 1.54) is 20.0 Å². The molecule has 0 aromatic heterocycles. The highest BCUT2D eigenvalue weighted by Gasteiger charge is 2.65. The molecule has 1 amide bonds. The van der Waals surface area contributed by atoms with Gasteiger partial charge in [0.15, 0.2) is 6.29 Å². The second-order valence-electron chi connectivity index (χ2n) is 20.1. The smallest absolute Gasteiger partial charge is 0.239 e. The standard InChI is InChI=1S/C59H72N2O10/c1-3-32-68-59-54(61(55(65)29-24-40-15-4-5-16-40)38-43-20-14-19-41-17-6-7-21-47(41)43)37-51(60-71-56-23-10-13-33-67-56)49-35-42(18-8-11-30-62)48(22-9-12-31-63)57(58(49)59)50-36-46(26-28-53(50)70-59)69-45-25-27-52(66-2)44(34-45)39-64/h3,6-7,14,17,19-21,25-28,34-36,39-40,42,48,54,56-58,62-63H,1,4-5,8-13,15-16,18,22-24,29-33,37-38H2,2H3/t42-,48+,54-,56?,57+,58+,59+/m0/s1. The van der Waals surface area contributed by atoms with Crippen LogP contribution in [0.4, 0.5) is 0 Å². The molecule has 0 bridgehead atoms. The number of oxime groups is 1. The quantitative estimate of drug-likeness (QED) is 0.0319. The van der Waals surface area contributed by atoms with Crippen LogP contribution in [0, 0.1) is 23.7 Å². The van der Waals surface area contributed by atoms with E-state index in [2.05, 4.69) is 55.1 Å². The first kappa shape index (κ1) is 50.4. The second kappa shape index (κ2) is 23.8. The molecule has 7 atom stereocenters. The number of rotatable bonds is 23. The van der Waals surface area contributed by atoms with Crippen LogP contribution in [-0.4, -0.2) is 84.7 Å². The summed E-state index contributed by atoms with van der Waals surface area (Å²) in [5.41, 5.74) is 4.04. The number of aliphatic hydroxyl groups is 2. The van der Waals surface area contributed by atoms with Gasteiger partial charge in [0.1, 0.15) is 29.0 Å². The molecule has 4 aromatic rings. The highest BCUT2D eigenvalue weighted by atomic mass is 16.8. The summed E-state index contributed by atoms with van der Waals surface area (Å²) < 4.78 is 33.1. The van der Waals surface area contributed by atoms with Crippen molar-refractivity contribution >= 4 is 28.7 Å². The van der Waals surface area contributed by atoms with Crippen LogP contribution >= 0.6 is 0 Å². The van der Waals surface area contributed by atoms with Gasteiger partial charge in [-0.1, -0.05) is 98.3 Å². The van der Waals surface area contributed by atoms with E-state index in [1.54, 1.807) is 24.3 Å². The van der Waals surface area contributed by atoms with Crippen LogP contribution in [0.1, 0.15) is 130 Å². The van der Waals surface area contributed by atoms with Gasteiger partial charge in [0.25, 0.3) is 0 Å². The number of ether oxygens (including phenoxy) is 5. The van der Waals surface area contributed by atoms with Crippen molar-refractivity contribution in [2.24, 2.45) is 28.8 Å². The fourth-order valence-electron chi connectivity index (χ4n) is 12.4. The lowest BCUT2D eigenvalue weighted by Gasteiger charge is -2.60. The Morgan fingerprint density at radius 2 is 1.68 bits per heavy atom. The molecule has 3 aliphatic carbocycles. The van der Waals surface area contributed by atoms with Crippen LogP contribution in [0.5, 0.6) is 23.0 Å². The van der Waals surface area contributed by atoms with E-state index >= 15 is 4.79 Å². The molecular weight excluding hydrogens is 897 g/mol. The number of benzene rings is 4. The molecule has 12 nitrogen and oxygen atoms in total. The van der Waals surface area contributed by atoms with Crippen molar-refractivity contribution < 1.29 is 48.3 Å². The number of aliphatic hydroxyl groups excluding tert-OH is 2. The number of unbranched alkanes of at least 4 members (excludes halogenated alkanes) is 2. The first-order valence-electron chi connectivity index (χ1n) is 26.3. The zero-order chi connectivity index (χ0) is 49.2. The first-order valence-corrected chi connectivity index (χ1v) is 26.3. The Morgan fingerprint density at radius 3 is 2.45 bits per heavy atom. The van der Waals surface area contributed by atoms with Gasteiger partial charge in [-0.15, -0.1) is 6.58 Å². The van der Waals surface area contributed by atoms with Gasteiger partial charge in [-0.05, 0) is 121 Å². The molecule has 4 aromatic carbocycles. The van der Waals surface area contributed by atoms with E-state index in [0.29, 0.717) is 73.3 Å². The molecule has 0 radical (unpaired) electrons. The monoisotopic (exact) mass is 969 g/mol. The molecule has 71 heavy (non-hydrogen) atoms. The van der Waals surface area contributed by atoms with Crippen molar-refractivity contribution in [3.8, 4) is 23.0 Å². The Balaban J connectivity index is 1.24. The summed E-state index contributed by atoms with van der Waals surface area (Å²) in [5, 5.41) is 27.5. The summed E-state index contributed by atoms with van der Waals surface area (Å²) >= 11 is 0. The fraction of sp³-hybridized carbons (Fsp3) is 0.508. The van der Waals surface area contributed by atoms with E-state index in [9.17, 15) is 15.0 Å². The Kier molecular flexibility index (Phi) is 16.9. The lowest BCUT2D eigenvalue weighted by molar-refractivity contribution is -0.258. The van der Waals surface area contributed by atoms with Crippen LogP contribution in [0.3, 0.4) is 0 Å². The molecule has 2 N–H and O–H groups in total. The Hall–Kier alpha value is -5.53. The van der Waals surface area contributed by atoms with Gasteiger partial charge in [-0.3, -0.25) is 9.59 Å². The molecular formula is C59H72N2O10. The number of hydrogen-bond acceptors (Lipinski definition) is 11. The van der Waals surface area contributed by atoms with Crippen molar-refractivity contribution in [2.75, 3.05) is 33.5 Å². The maximum Gasteiger partial charge on any atom is 0.239 e. The van der Waals surface area contributed by atoms with Gasteiger partial charge in [0.05, 0.1) is 37.5 Å². The number of carbonyl (C=O) groups excluding carboxylic acids is 2. The Morgan fingerprint density at radius 1 is 0.901 bits per heavy atom. The van der Waals surface area contributed by atoms with Gasteiger partial charge in [-0.25, -0.2) is 0 Å². The predicted octanol–water partition coefficient (Wildman–Crippen LogP) is 11.6. The summed E-state index contributed by atoms with van der Waals surface area (Å²) in [6.07, 6.45) is 17.8. The summed E-state index contributed by atoms with van der Waals surface area (Å²) in [5.74, 6) is 0.587. The fourth-order valence-corrected chi connectivity index (χ4v) is 12.4. The number of fused-ring (bicyclic) bond motifs is 3. The predicted molar refractivity (Wildman–Crippen MR) is 274 cm³/mol. The lowest BCUT2D eigenvalue weighted by atomic mass is 9.55. The largest absolute Gasteiger partial charge is 0.496 e. The first-order chi connectivity index (χ1) is 34.9. The summed E-state index contributed by atoms with van der Waals surface area (Å²) in [6.45, 7) is 5.40. The van der Waals surface area contributed by atoms with E-state index in [4.69, 9.17) is 33.7 Å². The molecule has 2 saturated carbocycles. The number of allylic oxidation sites excluding steroid dienone is 1. The highest BCUT2D eigenvalue weighted by molar-refractivity contribution is 6.03. The SMILES string of the molecule is C=CCO[C@@]12Oc3ccc(Oc4ccc(OC)c(C=O)c4)cc3[C@H]3[C@H](CCCCO)[C@@H](CCCCO)C=C(C(=NOC4CCCCO4)C[C@@H]1N(Cc1cccc4ccccc14)C(=O)CCC1CCCC1)[C@H]32. The van der Waals surface area contributed by atoms with Crippen molar-refractivity contribution in [1.82, 2.24) is 4.90 Å². The van der Waals surface area contributed by atoms with Crippen molar-refractivity contribution in [1.29, 1.82) is 0 Å². The Bertz CT molecular complexity index is 2520. The van der Waals surface area contributed by atoms with E-state index in [0.717, 1.165) is 104 Å². The highest BCUT2D eigenvalue weighted by Crippen LogP contribution is 2.62. The molecule has 1 unspecified atom stereocenters. The van der Waals surface area contributed by atoms with Gasteiger partial charge < -0.3 is 43.6 Å². The number of methoxy groups -OCH3 is 1. The summed E-state index contributed by atoms with van der Waals surface area (Å²) in [7, 11) is 1.53. The average molecular weight is 969 g/mol. The lowest BCUT2D eigenvalue weighted by Crippen LogP contribution is -2.70. The molecule has 9 rings (SSSR count). The maximum atomic E-state index is 15.6. The van der Waals surface area contributed by atoms with E-state index in [-0.39, 0.29) is 43.5 Å². The van der Waals surface area contributed by atoms with Crippen molar-refractivity contribution in [2.45, 2.75) is 133 Å². The molecule has 2 aliphatic heterocycles.